The van der Waals surface area contributed by atoms with Crippen LogP contribution in [0.4, 0.5) is 5.69 Å². The van der Waals surface area contributed by atoms with Crippen LogP contribution < -0.4 is 4.90 Å². The summed E-state index contributed by atoms with van der Waals surface area (Å²) in [5, 5.41) is 9.78. The van der Waals surface area contributed by atoms with E-state index in [0.29, 0.717) is 10.6 Å². The lowest BCUT2D eigenvalue weighted by atomic mass is 10.2. The Hall–Kier alpha value is -3.17. The van der Waals surface area contributed by atoms with Crippen LogP contribution in [-0.2, 0) is 9.53 Å². The third kappa shape index (κ3) is 4.08. The van der Waals surface area contributed by atoms with Gasteiger partial charge in [-0.15, -0.1) is 11.3 Å². The molecule has 3 rings (SSSR count). The molecule has 0 aliphatic carbocycles. The van der Waals surface area contributed by atoms with Crippen LogP contribution >= 0.6 is 11.3 Å². The van der Waals surface area contributed by atoms with Gasteiger partial charge in [0.25, 0.3) is 5.91 Å². The molecule has 1 aromatic heterocycles. The number of anilines is 1. The van der Waals surface area contributed by atoms with Crippen molar-refractivity contribution < 1.29 is 14.3 Å². The fourth-order valence-electron chi connectivity index (χ4n) is 2.53. The third-order valence-electron chi connectivity index (χ3n) is 3.77. The van der Waals surface area contributed by atoms with Crippen LogP contribution in [0.1, 0.15) is 16.1 Å². The highest BCUT2D eigenvalue weighted by Gasteiger charge is 2.19. The summed E-state index contributed by atoms with van der Waals surface area (Å²) in [6, 6.07) is 20.5. The van der Waals surface area contributed by atoms with Gasteiger partial charge in [-0.3, -0.25) is 4.79 Å². The van der Waals surface area contributed by atoms with Gasteiger partial charge < -0.3 is 9.64 Å². The predicted molar refractivity (Wildman–Crippen MR) is 101 cm³/mol. The lowest BCUT2D eigenvalue weighted by Gasteiger charge is -2.21. The minimum atomic E-state index is -0.521. The Morgan fingerprint density at radius 1 is 1.08 bits per heavy atom. The largest absolute Gasteiger partial charge is 0.451 e. The van der Waals surface area contributed by atoms with Gasteiger partial charge in [-0.05, 0) is 29.7 Å². The molecule has 26 heavy (non-hydrogen) atoms. The first-order chi connectivity index (χ1) is 12.7. The van der Waals surface area contributed by atoms with Crippen LogP contribution in [0, 0.1) is 11.3 Å². The van der Waals surface area contributed by atoms with Crippen LogP contribution in [0.5, 0.6) is 0 Å². The molecule has 6 heteroatoms. The van der Waals surface area contributed by atoms with E-state index in [0.717, 1.165) is 10.1 Å². The highest BCUT2D eigenvalue weighted by Crippen LogP contribution is 2.25. The van der Waals surface area contributed by atoms with Gasteiger partial charge in [0.05, 0.1) is 12.5 Å². The number of hydrogen-bond donors (Lipinski definition) is 0. The van der Waals surface area contributed by atoms with Gasteiger partial charge in [0, 0.05) is 16.9 Å². The molecule has 3 aromatic rings. The molecule has 0 bridgehead atoms. The molecular weight excluding hydrogens is 348 g/mol. The van der Waals surface area contributed by atoms with Crippen LogP contribution in [0.15, 0.2) is 60.7 Å². The lowest BCUT2D eigenvalue weighted by molar-refractivity contribution is -0.121. The third-order valence-corrected chi connectivity index (χ3v) is 4.87. The van der Waals surface area contributed by atoms with E-state index in [4.69, 9.17) is 10.00 Å². The molecule has 0 unspecified atom stereocenters. The zero-order valence-corrected chi connectivity index (χ0v) is 14.7. The Bertz CT molecular complexity index is 927. The molecule has 1 heterocycles. The second-order valence-corrected chi connectivity index (χ2v) is 6.60. The van der Waals surface area contributed by atoms with Crippen LogP contribution in [-0.4, -0.2) is 25.0 Å². The highest BCUT2D eigenvalue weighted by atomic mass is 32.1. The fraction of sp³-hybridized carbons (Fsp3) is 0.150. The molecule has 0 atom stereocenters. The Morgan fingerprint density at radius 3 is 2.54 bits per heavy atom. The maximum absolute atomic E-state index is 12.5. The fourth-order valence-corrected chi connectivity index (χ4v) is 3.48. The number of hydrogen-bond acceptors (Lipinski definition) is 5. The van der Waals surface area contributed by atoms with Crippen molar-refractivity contribution in [2.45, 2.75) is 6.42 Å². The zero-order chi connectivity index (χ0) is 18.4. The van der Waals surface area contributed by atoms with Crippen molar-refractivity contribution in [1.82, 2.24) is 0 Å². The van der Waals surface area contributed by atoms with E-state index in [1.807, 2.05) is 48.5 Å². The molecule has 0 aliphatic rings. The summed E-state index contributed by atoms with van der Waals surface area (Å²) in [5.41, 5.74) is 0.672. The summed E-state index contributed by atoms with van der Waals surface area (Å²) in [6.07, 6.45) is 0.199. The van der Waals surface area contributed by atoms with Crippen LogP contribution in [0.25, 0.3) is 10.1 Å². The maximum Gasteiger partial charge on any atom is 0.348 e. The minimum absolute atomic E-state index is 0.199. The van der Waals surface area contributed by atoms with Crippen molar-refractivity contribution in [3.8, 4) is 6.07 Å². The average Bonchev–Trinajstić information content (AvgIpc) is 3.11. The SMILES string of the molecule is N#CCCN(C(=O)COC(=O)c1cc2ccccc2s1)c1ccccc1. The summed E-state index contributed by atoms with van der Waals surface area (Å²) in [7, 11) is 0. The summed E-state index contributed by atoms with van der Waals surface area (Å²) in [5.74, 6) is -0.881. The molecule has 130 valence electrons. The molecule has 2 aromatic carbocycles. The van der Waals surface area contributed by atoms with Gasteiger partial charge in [0.15, 0.2) is 6.61 Å². The Balaban J connectivity index is 1.67. The number of rotatable bonds is 6. The molecule has 0 spiro atoms. The van der Waals surface area contributed by atoms with Crippen molar-refractivity contribution in [3.63, 3.8) is 0 Å². The Kier molecular flexibility index (Phi) is 5.62. The average molecular weight is 364 g/mol. The molecular formula is C20H16N2O3S. The summed E-state index contributed by atoms with van der Waals surface area (Å²) < 4.78 is 6.19. The van der Waals surface area contributed by atoms with Gasteiger partial charge in [0.1, 0.15) is 4.88 Å². The zero-order valence-electron chi connectivity index (χ0n) is 13.9. The van der Waals surface area contributed by atoms with Crippen molar-refractivity contribution in [2.75, 3.05) is 18.1 Å². The number of para-hydroxylation sites is 1. The van der Waals surface area contributed by atoms with Crippen molar-refractivity contribution >= 4 is 39.0 Å². The topological polar surface area (TPSA) is 70.4 Å². The maximum atomic E-state index is 12.5. The van der Waals surface area contributed by atoms with E-state index in [1.54, 1.807) is 18.2 Å². The smallest absolute Gasteiger partial charge is 0.348 e. The normalized spacial score (nSPS) is 10.3. The number of esters is 1. The number of amides is 1. The van der Waals surface area contributed by atoms with Gasteiger partial charge >= 0.3 is 5.97 Å². The molecule has 0 fully saturated rings. The number of nitrogens with zero attached hydrogens (tertiary/aromatic N) is 2. The quantitative estimate of drug-likeness (QED) is 0.620. The minimum Gasteiger partial charge on any atom is -0.451 e. The second kappa shape index (κ2) is 8.28. The number of thiophene rings is 1. The first kappa shape index (κ1) is 17.6. The number of carbonyl (C=O) groups excluding carboxylic acids is 2. The van der Waals surface area contributed by atoms with E-state index in [-0.39, 0.29) is 25.5 Å². The van der Waals surface area contributed by atoms with E-state index in [9.17, 15) is 9.59 Å². The highest BCUT2D eigenvalue weighted by molar-refractivity contribution is 7.20. The van der Waals surface area contributed by atoms with Crippen molar-refractivity contribution in [3.05, 3.63) is 65.5 Å². The molecule has 0 N–H and O–H groups in total. The summed E-state index contributed by atoms with van der Waals surface area (Å²) in [4.78, 5) is 26.7. The number of nitriles is 1. The first-order valence-electron chi connectivity index (χ1n) is 8.07. The predicted octanol–water partition coefficient (Wildman–Crippen LogP) is 4.00. The van der Waals surface area contributed by atoms with Crippen LogP contribution in [0.2, 0.25) is 0 Å². The molecule has 0 saturated carbocycles. The van der Waals surface area contributed by atoms with Gasteiger partial charge in [0.2, 0.25) is 0 Å². The Labute approximate surface area is 155 Å². The molecule has 5 nitrogen and oxygen atoms in total. The molecule has 0 saturated heterocycles. The first-order valence-corrected chi connectivity index (χ1v) is 8.89. The molecule has 0 aliphatic heterocycles. The number of benzene rings is 2. The standard InChI is InChI=1S/C20H16N2O3S/c21-11-6-12-22(16-8-2-1-3-9-16)19(23)14-25-20(24)18-13-15-7-4-5-10-17(15)26-18/h1-5,7-10,13H,6,12,14H2. The van der Waals surface area contributed by atoms with E-state index in [1.165, 1.54) is 16.2 Å². The molecule has 1 amide bonds. The van der Waals surface area contributed by atoms with Gasteiger partial charge in [-0.2, -0.15) is 5.26 Å². The van der Waals surface area contributed by atoms with Crippen LogP contribution in [0.3, 0.4) is 0 Å². The number of carbonyl (C=O) groups is 2. The summed E-state index contributed by atoms with van der Waals surface area (Å²) >= 11 is 1.33. The van der Waals surface area contributed by atoms with Crippen molar-refractivity contribution in [1.29, 1.82) is 5.26 Å². The monoisotopic (exact) mass is 364 g/mol. The van der Waals surface area contributed by atoms with E-state index in [2.05, 4.69) is 0 Å². The summed E-state index contributed by atoms with van der Waals surface area (Å²) in [6.45, 7) is -0.118. The number of fused-ring (bicyclic) bond motifs is 1. The molecule has 0 radical (unpaired) electrons. The second-order valence-electron chi connectivity index (χ2n) is 5.51. The lowest BCUT2D eigenvalue weighted by Crippen LogP contribution is -2.35. The van der Waals surface area contributed by atoms with Gasteiger partial charge in [-0.25, -0.2) is 4.79 Å². The van der Waals surface area contributed by atoms with Gasteiger partial charge in [-0.1, -0.05) is 36.4 Å². The Morgan fingerprint density at radius 2 is 1.81 bits per heavy atom. The van der Waals surface area contributed by atoms with E-state index < -0.39 is 5.97 Å². The van der Waals surface area contributed by atoms with E-state index >= 15 is 0 Å². The number of ether oxygens (including phenoxy) is 1. The van der Waals surface area contributed by atoms with Crippen molar-refractivity contribution in [2.24, 2.45) is 0 Å².